The number of ether oxygens (including phenoxy) is 1. The van der Waals surface area contributed by atoms with Crippen LogP contribution in [0.15, 0.2) is 18.2 Å². The molecule has 0 unspecified atom stereocenters. The number of carbonyl (C=O) groups excluding carboxylic acids is 3. The summed E-state index contributed by atoms with van der Waals surface area (Å²) in [5.41, 5.74) is 1.33. The van der Waals surface area contributed by atoms with Crippen LogP contribution in [-0.4, -0.2) is 35.7 Å². The highest BCUT2D eigenvalue weighted by Crippen LogP contribution is 2.36. The fraction of sp³-hybridized carbons (Fsp3) is 0.500. The van der Waals surface area contributed by atoms with Gasteiger partial charge in [0.15, 0.2) is 6.61 Å². The highest BCUT2D eigenvalue weighted by atomic mass is 35.5. The third-order valence-corrected chi connectivity index (χ3v) is 5.01. The van der Waals surface area contributed by atoms with E-state index >= 15 is 0 Å². The second-order valence-corrected chi connectivity index (χ2v) is 7.24. The molecule has 27 heavy (non-hydrogen) atoms. The number of benzene rings is 1. The zero-order valence-electron chi connectivity index (χ0n) is 15.1. The van der Waals surface area contributed by atoms with Gasteiger partial charge >= 0.3 is 5.97 Å². The number of nitrogens with zero attached hydrogens (tertiary/aromatic N) is 1. The molecule has 2 rings (SSSR count). The lowest BCUT2D eigenvalue weighted by atomic mass is 9.88. The lowest BCUT2D eigenvalue weighted by Crippen LogP contribution is -2.28. The molecule has 0 saturated heterocycles. The lowest BCUT2D eigenvalue weighted by molar-refractivity contribution is -0.490. The molecule has 146 valence electrons. The molecular weight excluding hydrogens is 376 g/mol. The Bertz CT molecular complexity index is 766. The fourth-order valence-electron chi connectivity index (χ4n) is 3.29. The maximum atomic E-state index is 12.0. The van der Waals surface area contributed by atoms with Gasteiger partial charge in [-0.2, -0.15) is 0 Å². The molecule has 8 nitrogen and oxygen atoms in total. The van der Waals surface area contributed by atoms with E-state index in [1.54, 1.807) is 25.1 Å². The Morgan fingerprint density at radius 3 is 2.74 bits per heavy atom. The standard InChI is InChI=1S/C18H21ClN2O6/c1-10-3-4-15(14(19)5-10)20-17(23)9-27-18(24)7-12-13(8-21(25)26)11(2)6-16(12)22/h3-5,11-13H,6-9H2,1-2H3,(H,20,23)/t11-,12-,13+/m1/s1. The van der Waals surface area contributed by atoms with Crippen molar-refractivity contribution >= 4 is 34.9 Å². The van der Waals surface area contributed by atoms with Crippen molar-refractivity contribution in [2.75, 3.05) is 18.5 Å². The molecule has 1 aliphatic carbocycles. The zero-order valence-corrected chi connectivity index (χ0v) is 15.8. The van der Waals surface area contributed by atoms with Gasteiger partial charge in [0, 0.05) is 23.2 Å². The number of aryl methyl sites for hydroxylation is 1. The van der Waals surface area contributed by atoms with E-state index in [2.05, 4.69) is 5.32 Å². The SMILES string of the molecule is Cc1ccc(NC(=O)COC(=O)C[C@H]2C(=O)C[C@@H](C)[C@@H]2C[N+](=O)[O-])c(Cl)c1. The van der Waals surface area contributed by atoms with E-state index < -0.39 is 35.2 Å². The number of nitro groups is 1. The number of anilines is 1. The number of hydrogen-bond donors (Lipinski definition) is 1. The van der Waals surface area contributed by atoms with Crippen LogP contribution >= 0.6 is 11.6 Å². The van der Waals surface area contributed by atoms with Crippen molar-refractivity contribution in [3.8, 4) is 0 Å². The summed E-state index contributed by atoms with van der Waals surface area (Å²) in [7, 11) is 0. The van der Waals surface area contributed by atoms with Gasteiger partial charge in [0.2, 0.25) is 6.54 Å². The summed E-state index contributed by atoms with van der Waals surface area (Å²) in [5, 5.41) is 13.7. The quantitative estimate of drug-likeness (QED) is 0.430. The van der Waals surface area contributed by atoms with E-state index in [4.69, 9.17) is 16.3 Å². The Morgan fingerprint density at radius 1 is 1.41 bits per heavy atom. The van der Waals surface area contributed by atoms with Crippen LogP contribution in [0.2, 0.25) is 5.02 Å². The first kappa shape index (κ1) is 20.8. The van der Waals surface area contributed by atoms with Crippen molar-refractivity contribution in [2.45, 2.75) is 26.7 Å². The van der Waals surface area contributed by atoms with Gasteiger partial charge in [-0.05, 0) is 30.5 Å². The van der Waals surface area contributed by atoms with Gasteiger partial charge in [-0.25, -0.2) is 0 Å². The zero-order chi connectivity index (χ0) is 20.1. The normalized spacial score (nSPS) is 21.7. The minimum atomic E-state index is -0.743. The summed E-state index contributed by atoms with van der Waals surface area (Å²) >= 11 is 6.02. The van der Waals surface area contributed by atoms with E-state index in [0.717, 1.165) is 5.56 Å². The summed E-state index contributed by atoms with van der Waals surface area (Å²) in [6, 6.07) is 5.10. The van der Waals surface area contributed by atoms with Gasteiger partial charge < -0.3 is 10.1 Å². The van der Waals surface area contributed by atoms with Gasteiger partial charge in [-0.1, -0.05) is 24.6 Å². The minimum Gasteiger partial charge on any atom is -0.456 e. The Morgan fingerprint density at radius 2 is 2.11 bits per heavy atom. The highest BCUT2D eigenvalue weighted by molar-refractivity contribution is 6.33. The Hall–Kier alpha value is -2.48. The number of halogens is 1. The second kappa shape index (κ2) is 8.94. The van der Waals surface area contributed by atoms with Crippen LogP contribution in [0, 0.1) is 34.8 Å². The van der Waals surface area contributed by atoms with Crippen molar-refractivity contribution in [1.29, 1.82) is 0 Å². The number of hydrogen-bond acceptors (Lipinski definition) is 6. The number of carbonyl (C=O) groups is 3. The second-order valence-electron chi connectivity index (χ2n) is 6.83. The fourth-order valence-corrected chi connectivity index (χ4v) is 3.57. The molecule has 3 atom stereocenters. The number of nitrogens with one attached hydrogen (secondary N) is 1. The molecule has 0 aromatic heterocycles. The topological polar surface area (TPSA) is 116 Å². The molecule has 0 aliphatic heterocycles. The summed E-state index contributed by atoms with van der Waals surface area (Å²) in [6.45, 7) is 2.73. The van der Waals surface area contributed by atoms with Gasteiger partial charge in [0.1, 0.15) is 5.78 Å². The number of amides is 1. The van der Waals surface area contributed by atoms with Crippen molar-refractivity contribution in [3.05, 3.63) is 38.9 Å². The summed E-state index contributed by atoms with van der Waals surface area (Å²) in [5.74, 6) is -2.88. The van der Waals surface area contributed by atoms with E-state index in [0.29, 0.717) is 10.7 Å². The predicted molar refractivity (Wildman–Crippen MR) is 98.0 cm³/mol. The summed E-state index contributed by atoms with van der Waals surface area (Å²) in [6.07, 6.45) is -0.0525. The first-order valence-electron chi connectivity index (χ1n) is 8.53. The minimum absolute atomic E-state index is 0.160. The first-order chi connectivity index (χ1) is 12.7. The van der Waals surface area contributed by atoms with E-state index in [-0.39, 0.29) is 31.1 Å². The van der Waals surface area contributed by atoms with Crippen LogP contribution in [0.3, 0.4) is 0 Å². The largest absolute Gasteiger partial charge is 0.456 e. The van der Waals surface area contributed by atoms with E-state index in [9.17, 15) is 24.5 Å². The molecule has 0 heterocycles. The Kier molecular flexibility index (Phi) is 6.90. The van der Waals surface area contributed by atoms with Crippen LogP contribution in [0.1, 0.15) is 25.3 Å². The third kappa shape index (κ3) is 5.75. The van der Waals surface area contributed by atoms with Gasteiger partial charge in [0.25, 0.3) is 5.91 Å². The maximum Gasteiger partial charge on any atom is 0.307 e. The van der Waals surface area contributed by atoms with Crippen LogP contribution in [-0.2, 0) is 19.1 Å². The highest BCUT2D eigenvalue weighted by Gasteiger charge is 2.44. The molecule has 1 fully saturated rings. The Balaban J connectivity index is 1.86. The number of esters is 1. The van der Waals surface area contributed by atoms with Crippen LogP contribution < -0.4 is 5.32 Å². The third-order valence-electron chi connectivity index (χ3n) is 4.69. The molecule has 1 aliphatic rings. The van der Waals surface area contributed by atoms with E-state index in [1.807, 2.05) is 6.92 Å². The predicted octanol–water partition coefficient (Wildman–Crippen LogP) is 2.64. The molecule has 1 amide bonds. The first-order valence-corrected chi connectivity index (χ1v) is 8.91. The molecule has 1 aromatic rings. The summed E-state index contributed by atoms with van der Waals surface area (Å²) in [4.78, 5) is 46.3. The maximum absolute atomic E-state index is 12.0. The van der Waals surface area contributed by atoms with Gasteiger partial charge in [0.05, 0.1) is 17.1 Å². The smallest absolute Gasteiger partial charge is 0.307 e. The molecule has 1 N–H and O–H groups in total. The van der Waals surface area contributed by atoms with Crippen molar-refractivity contribution in [3.63, 3.8) is 0 Å². The van der Waals surface area contributed by atoms with E-state index in [1.165, 1.54) is 0 Å². The van der Waals surface area contributed by atoms with Gasteiger partial charge in [-0.3, -0.25) is 24.5 Å². The molecular formula is C18H21ClN2O6. The molecule has 9 heteroatoms. The molecule has 0 radical (unpaired) electrons. The number of rotatable bonds is 7. The molecule has 0 bridgehead atoms. The van der Waals surface area contributed by atoms with Crippen LogP contribution in [0.4, 0.5) is 5.69 Å². The average molecular weight is 397 g/mol. The van der Waals surface area contributed by atoms with Crippen LogP contribution in [0.5, 0.6) is 0 Å². The Labute approximate surface area is 161 Å². The van der Waals surface area contributed by atoms with Crippen molar-refractivity contribution in [1.82, 2.24) is 0 Å². The number of ketones is 1. The lowest BCUT2D eigenvalue weighted by Gasteiger charge is -2.17. The van der Waals surface area contributed by atoms with Crippen molar-refractivity contribution in [2.24, 2.45) is 17.8 Å². The molecule has 1 saturated carbocycles. The summed E-state index contributed by atoms with van der Waals surface area (Å²) < 4.78 is 4.92. The number of Topliss-reactive ketones (excluding diaryl/α,β-unsaturated/α-hetero) is 1. The van der Waals surface area contributed by atoms with Crippen LogP contribution in [0.25, 0.3) is 0 Å². The monoisotopic (exact) mass is 396 g/mol. The van der Waals surface area contributed by atoms with Crippen molar-refractivity contribution < 1.29 is 24.0 Å². The molecule has 1 aromatic carbocycles. The van der Waals surface area contributed by atoms with Gasteiger partial charge in [-0.15, -0.1) is 0 Å². The average Bonchev–Trinajstić information content (AvgIpc) is 2.82. The molecule has 0 spiro atoms.